The first-order chi connectivity index (χ1) is 12.3. The lowest BCUT2D eigenvalue weighted by Gasteiger charge is -2.09. The molecule has 2 aromatic heterocycles. The van der Waals surface area contributed by atoms with Gasteiger partial charge in [0.15, 0.2) is 5.65 Å². The highest BCUT2D eigenvalue weighted by atomic mass is 35.5. The van der Waals surface area contributed by atoms with Gasteiger partial charge in [0.1, 0.15) is 0 Å². The van der Waals surface area contributed by atoms with Crippen LogP contribution < -0.4 is 5.56 Å². The molecule has 0 fully saturated rings. The van der Waals surface area contributed by atoms with E-state index < -0.39 is 15.4 Å². The predicted molar refractivity (Wildman–Crippen MR) is 97.5 cm³/mol. The Balaban J connectivity index is 2.08. The van der Waals surface area contributed by atoms with Gasteiger partial charge < -0.3 is 4.98 Å². The Kier molecular flexibility index (Phi) is 3.64. The van der Waals surface area contributed by atoms with E-state index in [-0.39, 0.29) is 20.6 Å². The minimum absolute atomic E-state index is 0.00439. The molecule has 1 N–H and O–H groups in total. The van der Waals surface area contributed by atoms with Gasteiger partial charge in [-0.15, -0.1) is 5.10 Å². The lowest BCUT2D eigenvalue weighted by atomic mass is 10.2. The summed E-state index contributed by atoms with van der Waals surface area (Å²) in [4.78, 5) is 14.9. The van der Waals surface area contributed by atoms with Gasteiger partial charge in [0, 0.05) is 0 Å². The topological polar surface area (TPSA) is 97.2 Å². The van der Waals surface area contributed by atoms with Crippen molar-refractivity contribution in [2.24, 2.45) is 0 Å². The fourth-order valence-corrected chi connectivity index (χ4v) is 5.24. The van der Waals surface area contributed by atoms with Gasteiger partial charge in [0.25, 0.3) is 5.56 Å². The lowest BCUT2D eigenvalue weighted by Crippen LogP contribution is -2.12. The molecule has 0 saturated carbocycles. The van der Waals surface area contributed by atoms with E-state index in [4.69, 9.17) is 11.6 Å². The normalized spacial score (nSPS) is 12.1. The Morgan fingerprint density at radius 1 is 1.15 bits per heavy atom. The van der Waals surface area contributed by atoms with Crippen molar-refractivity contribution in [3.05, 3.63) is 62.9 Å². The molecule has 0 atom stereocenters. The summed E-state index contributed by atoms with van der Waals surface area (Å²) in [5.74, 6) is 0. The van der Waals surface area contributed by atoms with Crippen LogP contribution in [0.1, 0.15) is 11.1 Å². The van der Waals surface area contributed by atoms with E-state index in [1.54, 1.807) is 43.3 Å². The monoisotopic (exact) mass is 388 g/mol. The number of aromatic nitrogens is 4. The maximum atomic E-state index is 13.2. The van der Waals surface area contributed by atoms with Crippen LogP contribution in [0.25, 0.3) is 16.6 Å². The Morgan fingerprint density at radius 3 is 2.62 bits per heavy atom. The van der Waals surface area contributed by atoms with E-state index in [0.717, 1.165) is 5.56 Å². The summed E-state index contributed by atoms with van der Waals surface area (Å²) in [5, 5.41) is 7.92. The Labute approximate surface area is 153 Å². The predicted octanol–water partition coefficient (Wildman–Crippen LogP) is 2.67. The minimum Gasteiger partial charge on any atom is -0.304 e. The molecule has 0 aliphatic heterocycles. The molecule has 0 aliphatic carbocycles. The Hall–Kier alpha value is -2.71. The number of hydrogen-bond acceptors (Lipinski definition) is 5. The van der Waals surface area contributed by atoms with Crippen LogP contribution in [0.2, 0.25) is 5.02 Å². The number of rotatable bonds is 2. The highest BCUT2D eigenvalue weighted by Crippen LogP contribution is 2.32. The standard InChI is InChI=1S/C17H13ClN4O3S/c1-9-7-10(2)14(12(18)8-9)26(24,25)17-15-19-16(23)11-5-3-4-6-13(11)22(15)21-20-17/h3-8H,1-2H3,(H,19,23). The van der Waals surface area contributed by atoms with Crippen LogP contribution in [-0.4, -0.2) is 28.2 Å². The highest BCUT2D eigenvalue weighted by molar-refractivity contribution is 7.91. The van der Waals surface area contributed by atoms with Gasteiger partial charge in [-0.2, -0.15) is 4.52 Å². The second-order valence-corrected chi connectivity index (χ2v) is 8.23. The van der Waals surface area contributed by atoms with Crippen LogP contribution in [0, 0.1) is 13.8 Å². The van der Waals surface area contributed by atoms with Crippen LogP contribution in [0.4, 0.5) is 0 Å². The first-order valence-electron chi connectivity index (χ1n) is 7.69. The summed E-state index contributed by atoms with van der Waals surface area (Å²) in [7, 11) is -4.08. The van der Waals surface area contributed by atoms with Gasteiger partial charge in [0.05, 0.1) is 20.8 Å². The van der Waals surface area contributed by atoms with Crippen molar-refractivity contribution in [2.75, 3.05) is 0 Å². The van der Waals surface area contributed by atoms with Crippen molar-refractivity contribution >= 4 is 38.0 Å². The lowest BCUT2D eigenvalue weighted by molar-refractivity contribution is 0.592. The molecule has 0 bridgehead atoms. The van der Waals surface area contributed by atoms with Gasteiger partial charge in [0.2, 0.25) is 14.9 Å². The SMILES string of the molecule is Cc1cc(C)c(S(=O)(=O)c2nnn3c2[nH]c(=O)c2ccccc23)c(Cl)c1. The molecule has 0 spiro atoms. The third-order valence-electron chi connectivity index (χ3n) is 4.15. The molecule has 9 heteroatoms. The zero-order chi connectivity index (χ0) is 18.6. The quantitative estimate of drug-likeness (QED) is 0.569. The van der Waals surface area contributed by atoms with Gasteiger partial charge >= 0.3 is 0 Å². The molecular weight excluding hydrogens is 376 g/mol. The highest BCUT2D eigenvalue weighted by Gasteiger charge is 2.30. The van der Waals surface area contributed by atoms with Crippen LogP contribution in [0.3, 0.4) is 0 Å². The number of halogens is 1. The number of aryl methyl sites for hydroxylation is 2. The van der Waals surface area contributed by atoms with Crippen LogP contribution in [0.15, 0.2) is 51.1 Å². The van der Waals surface area contributed by atoms with Crippen molar-refractivity contribution in [1.82, 2.24) is 19.8 Å². The molecular formula is C17H13ClN4O3S. The molecule has 0 amide bonds. The fourth-order valence-electron chi connectivity index (χ4n) is 3.09. The summed E-state index contributed by atoms with van der Waals surface area (Å²) < 4.78 is 27.7. The molecule has 0 saturated heterocycles. The van der Waals surface area contributed by atoms with Gasteiger partial charge in [-0.3, -0.25) is 4.79 Å². The van der Waals surface area contributed by atoms with E-state index in [1.165, 1.54) is 4.52 Å². The smallest absolute Gasteiger partial charge is 0.259 e. The number of hydrogen-bond donors (Lipinski definition) is 1. The van der Waals surface area contributed by atoms with Crippen molar-refractivity contribution in [2.45, 2.75) is 23.8 Å². The van der Waals surface area contributed by atoms with Crippen molar-refractivity contribution in [1.29, 1.82) is 0 Å². The van der Waals surface area contributed by atoms with Gasteiger partial charge in [-0.1, -0.05) is 35.0 Å². The maximum Gasteiger partial charge on any atom is 0.259 e. The molecule has 2 aromatic carbocycles. The number of nitrogens with zero attached hydrogens (tertiary/aromatic N) is 3. The molecule has 0 radical (unpaired) electrons. The third-order valence-corrected chi connectivity index (χ3v) is 6.42. The third kappa shape index (κ3) is 2.33. The zero-order valence-electron chi connectivity index (χ0n) is 13.8. The average molecular weight is 389 g/mol. The summed E-state index contributed by atoms with van der Waals surface area (Å²) in [5.41, 5.74) is 1.40. The van der Waals surface area contributed by atoms with E-state index in [1.807, 2.05) is 6.92 Å². The second kappa shape index (κ2) is 5.65. The maximum absolute atomic E-state index is 13.2. The summed E-state index contributed by atoms with van der Waals surface area (Å²) in [6.07, 6.45) is 0. The zero-order valence-corrected chi connectivity index (χ0v) is 15.4. The number of nitrogens with one attached hydrogen (secondary N) is 1. The fraction of sp³-hybridized carbons (Fsp3) is 0.118. The molecule has 4 rings (SSSR count). The molecule has 7 nitrogen and oxygen atoms in total. The number of sulfone groups is 1. The van der Waals surface area contributed by atoms with Gasteiger partial charge in [-0.05, 0) is 43.2 Å². The number of aromatic amines is 1. The first-order valence-corrected chi connectivity index (χ1v) is 9.55. The van der Waals surface area contributed by atoms with Crippen molar-refractivity contribution in [3.8, 4) is 0 Å². The Bertz CT molecular complexity index is 1330. The number of benzene rings is 2. The van der Waals surface area contributed by atoms with Crippen LogP contribution in [-0.2, 0) is 9.84 Å². The van der Waals surface area contributed by atoms with E-state index in [0.29, 0.717) is 16.5 Å². The second-order valence-electron chi connectivity index (χ2n) is 6.02. The minimum atomic E-state index is -4.08. The molecule has 132 valence electrons. The largest absolute Gasteiger partial charge is 0.304 e. The molecule has 0 aliphatic rings. The molecule has 26 heavy (non-hydrogen) atoms. The van der Waals surface area contributed by atoms with E-state index in [2.05, 4.69) is 15.3 Å². The van der Waals surface area contributed by atoms with Crippen LogP contribution in [0.5, 0.6) is 0 Å². The van der Waals surface area contributed by atoms with E-state index >= 15 is 0 Å². The van der Waals surface area contributed by atoms with Crippen molar-refractivity contribution < 1.29 is 8.42 Å². The molecule has 4 aromatic rings. The van der Waals surface area contributed by atoms with Crippen LogP contribution >= 0.6 is 11.6 Å². The summed E-state index contributed by atoms with van der Waals surface area (Å²) in [6.45, 7) is 3.49. The Morgan fingerprint density at radius 2 is 1.88 bits per heavy atom. The number of fused-ring (bicyclic) bond motifs is 3. The van der Waals surface area contributed by atoms with Gasteiger partial charge in [-0.25, -0.2) is 8.42 Å². The number of H-pyrrole nitrogens is 1. The first kappa shape index (κ1) is 16.7. The number of para-hydroxylation sites is 1. The summed E-state index contributed by atoms with van der Waals surface area (Å²) >= 11 is 6.21. The molecule has 2 heterocycles. The van der Waals surface area contributed by atoms with E-state index in [9.17, 15) is 13.2 Å². The summed E-state index contributed by atoms with van der Waals surface area (Å²) in [6, 6.07) is 10.1. The average Bonchev–Trinajstić information content (AvgIpc) is 2.98. The molecule has 0 unspecified atom stereocenters. The van der Waals surface area contributed by atoms with Crippen molar-refractivity contribution in [3.63, 3.8) is 0 Å².